The average Bonchev–Trinajstić information content (AvgIpc) is 2.10. The van der Waals surface area contributed by atoms with Crippen molar-refractivity contribution in [1.82, 2.24) is 0 Å². The summed E-state index contributed by atoms with van der Waals surface area (Å²) in [4.78, 5) is 0. The second-order valence-corrected chi connectivity index (χ2v) is 20.2. The van der Waals surface area contributed by atoms with Crippen LogP contribution in [0.5, 0.6) is 0 Å². The van der Waals surface area contributed by atoms with Crippen LogP contribution in [0.15, 0.2) is 0 Å². The van der Waals surface area contributed by atoms with E-state index in [0.717, 1.165) is 6.42 Å². The Morgan fingerprint density at radius 2 is 1.53 bits per heavy atom. The second kappa shape index (κ2) is 7.92. The highest BCUT2D eigenvalue weighted by molar-refractivity contribution is 7.85. The van der Waals surface area contributed by atoms with Gasteiger partial charge in [-0.3, -0.25) is 4.55 Å². The van der Waals surface area contributed by atoms with Crippen LogP contribution in [0.3, 0.4) is 0 Å². The zero-order chi connectivity index (χ0) is 15.2. The number of hydrogen-bond acceptors (Lipinski definition) is 3. The predicted octanol–water partition coefficient (Wildman–Crippen LogP) is 3.26. The van der Waals surface area contributed by atoms with Gasteiger partial charge in [-0.05, 0) is 12.8 Å². The molecular weight excluding hydrogens is 296 g/mol. The first-order chi connectivity index (χ1) is 8.41. The molecule has 0 aliphatic rings. The molecule has 116 valence electrons. The lowest BCUT2D eigenvalue weighted by Crippen LogP contribution is -2.37. The van der Waals surface area contributed by atoms with Crippen LogP contribution in [0.4, 0.5) is 0 Å². The van der Waals surface area contributed by atoms with Gasteiger partial charge in [0.15, 0.2) is 0 Å². The molecule has 0 saturated heterocycles. The van der Waals surface area contributed by atoms with E-state index in [1.165, 1.54) is 11.7 Å². The molecule has 0 radical (unpaired) electrons. The number of ether oxygens (including phenoxy) is 1. The van der Waals surface area contributed by atoms with Crippen molar-refractivity contribution in [3.8, 4) is 0 Å². The van der Waals surface area contributed by atoms with Crippen molar-refractivity contribution in [1.29, 1.82) is 0 Å². The number of rotatable bonds is 10. The van der Waals surface area contributed by atoms with Crippen LogP contribution in [0.2, 0.25) is 44.4 Å². The smallest absolute Gasteiger partial charge is 0.264 e. The highest BCUT2D eigenvalue weighted by Crippen LogP contribution is 2.24. The van der Waals surface area contributed by atoms with Crippen LogP contribution in [0.25, 0.3) is 0 Å². The van der Waals surface area contributed by atoms with E-state index in [4.69, 9.17) is 9.29 Å². The maximum Gasteiger partial charge on any atom is 0.264 e. The summed E-state index contributed by atoms with van der Waals surface area (Å²) in [6.07, 6.45) is 1.43. The normalized spacial score (nSPS) is 13.8. The van der Waals surface area contributed by atoms with Crippen molar-refractivity contribution >= 4 is 26.3 Å². The lowest BCUT2D eigenvalue weighted by atomic mass is 10.5. The lowest BCUT2D eigenvalue weighted by molar-refractivity contribution is 0.135. The highest BCUT2D eigenvalue weighted by Gasteiger charge is 2.27. The third-order valence-corrected chi connectivity index (χ3v) is 13.4. The molecule has 19 heavy (non-hydrogen) atoms. The van der Waals surface area contributed by atoms with E-state index in [2.05, 4.69) is 32.7 Å². The summed E-state index contributed by atoms with van der Waals surface area (Å²) >= 11 is 0. The molecule has 0 aliphatic heterocycles. The molecule has 0 spiro atoms. The van der Waals surface area contributed by atoms with Gasteiger partial charge in [-0.25, -0.2) is 0 Å². The van der Waals surface area contributed by atoms with Gasteiger partial charge in [0.2, 0.25) is 0 Å². The minimum Gasteiger partial charge on any atom is -0.381 e. The summed E-state index contributed by atoms with van der Waals surface area (Å²) in [5.74, 6) is -0.205. The molecule has 0 amide bonds. The molecule has 0 atom stereocenters. The fourth-order valence-electron chi connectivity index (χ4n) is 2.62. The first-order valence-corrected chi connectivity index (χ1v) is 15.7. The van der Waals surface area contributed by atoms with E-state index in [0.29, 0.717) is 19.6 Å². The monoisotopic (exact) mass is 326 g/mol. The molecule has 1 N–H and O–H groups in total. The summed E-state index contributed by atoms with van der Waals surface area (Å²) in [6, 6.07) is 1.27. The molecule has 0 unspecified atom stereocenters. The average molecular weight is 327 g/mol. The Hall–Kier alpha value is 0.304. The highest BCUT2D eigenvalue weighted by atomic mass is 32.2. The molecule has 0 saturated carbocycles. The molecule has 0 bridgehead atoms. The largest absolute Gasteiger partial charge is 0.381 e. The Morgan fingerprint density at radius 3 is 2.00 bits per heavy atom. The molecular formula is C12H30O4SSi2. The third-order valence-electron chi connectivity index (χ3n) is 2.84. The molecule has 4 nitrogen and oxygen atoms in total. The molecule has 0 aliphatic carbocycles. The van der Waals surface area contributed by atoms with Crippen molar-refractivity contribution in [3.63, 3.8) is 0 Å². The Kier molecular flexibility index (Phi) is 8.05. The zero-order valence-electron chi connectivity index (χ0n) is 13.0. The SMILES string of the molecule is C[Si](C)(C)C[Si](C)(C)CCCOCCCS(=O)(=O)O. The van der Waals surface area contributed by atoms with Crippen LogP contribution in [-0.4, -0.2) is 48.1 Å². The van der Waals surface area contributed by atoms with Gasteiger partial charge in [0, 0.05) is 29.4 Å². The molecule has 0 aromatic heterocycles. The zero-order valence-corrected chi connectivity index (χ0v) is 15.8. The molecule has 0 aromatic carbocycles. The minimum absolute atomic E-state index is 0.205. The topological polar surface area (TPSA) is 63.6 Å². The van der Waals surface area contributed by atoms with Gasteiger partial charge in [0.1, 0.15) is 0 Å². The van der Waals surface area contributed by atoms with Crippen molar-refractivity contribution in [2.75, 3.05) is 19.0 Å². The van der Waals surface area contributed by atoms with Gasteiger partial charge >= 0.3 is 0 Å². The van der Waals surface area contributed by atoms with Gasteiger partial charge < -0.3 is 4.74 Å². The van der Waals surface area contributed by atoms with E-state index in [1.54, 1.807) is 0 Å². The van der Waals surface area contributed by atoms with Gasteiger partial charge in [-0.1, -0.05) is 44.4 Å². The van der Waals surface area contributed by atoms with E-state index in [9.17, 15) is 8.42 Å². The fourth-order valence-corrected chi connectivity index (χ4v) is 16.4. The Labute approximate surface area is 120 Å². The van der Waals surface area contributed by atoms with E-state index >= 15 is 0 Å². The maximum absolute atomic E-state index is 10.5. The van der Waals surface area contributed by atoms with Crippen molar-refractivity contribution in [2.45, 2.75) is 57.3 Å². The van der Waals surface area contributed by atoms with Crippen LogP contribution in [0.1, 0.15) is 12.8 Å². The Balaban J connectivity index is 3.64. The number of hydrogen-bond donors (Lipinski definition) is 1. The quantitative estimate of drug-likeness (QED) is 0.380. The van der Waals surface area contributed by atoms with E-state index in [1.807, 2.05) is 0 Å². The molecule has 0 fully saturated rings. The standard InChI is InChI=1S/C12H30O4SSi2/c1-18(2,3)12-19(4,5)11-7-9-16-8-6-10-17(13,14)15/h6-12H2,1-5H3,(H,13,14,15). The molecule has 0 aromatic rings. The summed E-state index contributed by atoms with van der Waals surface area (Å²) in [5.41, 5.74) is 1.45. The van der Waals surface area contributed by atoms with Gasteiger partial charge in [-0.15, -0.1) is 0 Å². The molecule has 0 heterocycles. The van der Waals surface area contributed by atoms with Gasteiger partial charge in [-0.2, -0.15) is 8.42 Å². The predicted molar refractivity (Wildman–Crippen MR) is 86.9 cm³/mol. The summed E-state index contributed by atoms with van der Waals surface area (Å²) in [6.45, 7) is 13.3. The van der Waals surface area contributed by atoms with Crippen LogP contribution >= 0.6 is 0 Å². The molecule has 7 heteroatoms. The van der Waals surface area contributed by atoms with E-state index in [-0.39, 0.29) is 5.75 Å². The summed E-state index contributed by atoms with van der Waals surface area (Å²) in [5, 5.41) is 0. The molecule has 0 rings (SSSR count). The van der Waals surface area contributed by atoms with Crippen LogP contribution in [-0.2, 0) is 14.9 Å². The second-order valence-electron chi connectivity index (χ2n) is 7.26. The fraction of sp³-hybridized carbons (Fsp3) is 1.00. The Morgan fingerprint density at radius 1 is 1.00 bits per heavy atom. The van der Waals surface area contributed by atoms with Gasteiger partial charge in [0.05, 0.1) is 5.75 Å². The summed E-state index contributed by atoms with van der Waals surface area (Å²) in [7, 11) is -5.89. The van der Waals surface area contributed by atoms with E-state index < -0.39 is 26.3 Å². The van der Waals surface area contributed by atoms with Crippen molar-refractivity contribution in [3.05, 3.63) is 0 Å². The third kappa shape index (κ3) is 14.5. The first kappa shape index (κ1) is 19.3. The van der Waals surface area contributed by atoms with Crippen LogP contribution < -0.4 is 0 Å². The van der Waals surface area contributed by atoms with Gasteiger partial charge in [0.25, 0.3) is 10.1 Å². The first-order valence-electron chi connectivity index (χ1n) is 6.94. The van der Waals surface area contributed by atoms with Crippen molar-refractivity contribution in [2.24, 2.45) is 0 Å². The minimum atomic E-state index is -3.83. The summed E-state index contributed by atoms with van der Waals surface area (Å²) < 4.78 is 35.0. The Bertz CT molecular complexity index is 347. The lowest BCUT2D eigenvalue weighted by Gasteiger charge is -2.29. The van der Waals surface area contributed by atoms with Crippen molar-refractivity contribution < 1.29 is 17.7 Å². The van der Waals surface area contributed by atoms with Crippen LogP contribution in [0, 0.1) is 0 Å². The maximum atomic E-state index is 10.5.